The Labute approximate surface area is 187 Å². The third-order valence-electron chi connectivity index (χ3n) is 7.37. The second-order valence-corrected chi connectivity index (χ2v) is 9.26. The number of ether oxygens (including phenoxy) is 2. The fourth-order valence-corrected chi connectivity index (χ4v) is 5.35. The summed E-state index contributed by atoms with van der Waals surface area (Å²) in [5.74, 6) is 1.26. The molecule has 4 aliphatic rings. The van der Waals surface area contributed by atoms with E-state index in [2.05, 4.69) is 59.2 Å². The number of nitrogens with zero attached hydrogens (tertiary/aromatic N) is 2. The zero-order valence-electron chi connectivity index (χ0n) is 18.1. The van der Waals surface area contributed by atoms with Gasteiger partial charge in [-0.05, 0) is 50.1 Å². The van der Waals surface area contributed by atoms with Gasteiger partial charge < -0.3 is 19.3 Å². The summed E-state index contributed by atoms with van der Waals surface area (Å²) < 4.78 is 12.8. The van der Waals surface area contributed by atoms with Crippen molar-refractivity contribution in [1.82, 2.24) is 0 Å². The molecule has 2 saturated heterocycles. The number of rotatable bonds is 2. The molecule has 0 amide bonds. The van der Waals surface area contributed by atoms with Crippen molar-refractivity contribution in [2.24, 2.45) is 0 Å². The van der Waals surface area contributed by atoms with Crippen LogP contribution in [0.25, 0.3) is 0 Å². The second kappa shape index (κ2) is 6.28. The van der Waals surface area contributed by atoms with Crippen molar-refractivity contribution in [3.05, 3.63) is 82.4 Å². The van der Waals surface area contributed by atoms with E-state index in [1.165, 1.54) is 12.8 Å². The van der Waals surface area contributed by atoms with Crippen LogP contribution in [-0.2, 0) is 10.3 Å². The molecule has 160 valence electrons. The van der Waals surface area contributed by atoms with Gasteiger partial charge in [-0.1, -0.05) is 17.7 Å². The van der Waals surface area contributed by atoms with Gasteiger partial charge in [0.1, 0.15) is 11.5 Å². The van der Waals surface area contributed by atoms with Crippen LogP contribution in [0.1, 0.15) is 45.5 Å². The molecule has 0 bridgehead atoms. The van der Waals surface area contributed by atoms with E-state index in [9.17, 15) is 4.79 Å². The van der Waals surface area contributed by atoms with Gasteiger partial charge in [-0.2, -0.15) is 0 Å². The minimum Gasteiger partial charge on any atom is -0.456 e. The Balaban J connectivity index is 1.48. The van der Waals surface area contributed by atoms with Crippen LogP contribution in [0.15, 0.2) is 54.6 Å². The van der Waals surface area contributed by atoms with E-state index in [1.807, 2.05) is 12.1 Å². The topological polar surface area (TPSA) is 42.0 Å². The summed E-state index contributed by atoms with van der Waals surface area (Å²) in [6.07, 6.45) is 2.43. The number of fused-ring (bicyclic) bond motifs is 6. The van der Waals surface area contributed by atoms with Crippen LogP contribution >= 0.6 is 0 Å². The lowest BCUT2D eigenvalue weighted by atomic mass is 9.77. The predicted molar refractivity (Wildman–Crippen MR) is 123 cm³/mol. The van der Waals surface area contributed by atoms with Gasteiger partial charge in [0, 0.05) is 66.4 Å². The smallest absolute Gasteiger partial charge is 0.340 e. The molecule has 5 nitrogen and oxygen atoms in total. The van der Waals surface area contributed by atoms with E-state index >= 15 is 0 Å². The molecule has 0 aliphatic carbocycles. The van der Waals surface area contributed by atoms with E-state index in [0.717, 1.165) is 71.3 Å². The molecule has 0 atom stereocenters. The van der Waals surface area contributed by atoms with Crippen molar-refractivity contribution >= 4 is 17.3 Å². The predicted octanol–water partition coefficient (Wildman–Crippen LogP) is 4.98. The largest absolute Gasteiger partial charge is 0.456 e. The summed E-state index contributed by atoms with van der Waals surface area (Å²) in [4.78, 5) is 17.7. The highest BCUT2D eigenvalue weighted by molar-refractivity contribution is 5.97. The SMILES string of the molecule is Cc1ccc2c(c1)C1(OC2=O)c2ccc(N3CCC3)cc2Oc2cc(N3CCC3)ccc21. The number of esters is 1. The first-order chi connectivity index (χ1) is 15.6. The van der Waals surface area contributed by atoms with Gasteiger partial charge in [0.15, 0.2) is 5.60 Å². The van der Waals surface area contributed by atoms with Crippen molar-refractivity contribution in [2.45, 2.75) is 25.4 Å². The van der Waals surface area contributed by atoms with Gasteiger partial charge in [-0.25, -0.2) is 4.79 Å². The lowest BCUT2D eigenvalue weighted by Crippen LogP contribution is -2.38. The molecule has 0 saturated carbocycles. The summed E-state index contributed by atoms with van der Waals surface area (Å²) in [7, 11) is 0. The molecule has 3 aromatic carbocycles. The third kappa shape index (κ3) is 2.31. The van der Waals surface area contributed by atoms with Crippen molar-refractivity contribution in [2.75, 3.05) is 36.0 Å². The van der Waals surface area contributed by atoms with E-state index in [4.69, 9.17) is 9.47 Å². The van der Waals surface area contributed by atoms with Crippen LogP contribution in [0.5, 0.6) is 11.5 Å². The van der Waals surface area contributed by atoms with E-state index in [1.54, 1.807) is 0 Å². The molecule has 5 heteroatoms. The second-order valence-electron chi connectivity index (χ2n) is 9.26. The van der Waals surface area contributed by atoms with Gasteiger partial charge >= 0.3 is 5.97 Å². The Morgan fingerprint density at radius 1 is 0.750 bits per heavy atom. The number of hydrogen-bond acceptors (Lipinski definition) is 5. The zero-order valence-corrected chi connectivity index (χ0v) is 18.1. The lowest BCUT2D eigenvalue weighted by molar-refractivity contribution is 0.0224. The molecule has 0 radical (unpaired) electrons. The van der Waals surface area contributed by atoms with Crippen LogP contribution in [0.3, 0.4) is 0 Å². The first kappa shape index (κ1) is 18.1. The van der Waals surface area contributed by atoms with Gasteiger partial charge in [0.25, 0.3) is 0 Å². The molecular formula is C27H24N2O3. The summed E-state index contributed by atoms with van der Waals surface area (Å²) in [5, 5.41) is 0. The average molecular weight is 425 g/mol. The van der Waals surface area contributed by atoms with Crippen LogP contribution in [-0.4, -0.2) is 32.1 Å². The number of hydrogen-bond donors (Lipinski definition) is 0. The number of aryl methyl sites for hydroxylation is 1. The van der Waals surface area contributed by atoms with Crippen molar-refractivity contribution < 1.29 is 14.3 Å². The molecular weight excluding hydrogens is 400 g/mol. The monoisotopic (exact) mass is 424 g/mol. The normalized spacial score (nSPS) is 19.3. The van der Waals surface area contributed by atoms with E-state index in [0.29, 0.717) is 5.56 Å². The lowest BCUT2D eigenvalue weighted by Gasteiger charge is -2.39. The Hall–Kier alpha value is -3.47. The molecule has 4 aliphatic heterocycles. The fourth-order valence-electron chi connectivity index (χ4n) is 5.35. The summed E-state index contributed by atoms with van der Waals surface area (Å²) in [6.45, 7) is 6.32. The minimum atomic E-state index is -0.984. The zero-order chi connectivity index (χ0) is 21.4. The highest BCUT2D eigenvalue weighted by Crippen LogP contribution is 2.57. The van der Waals surface area contributed by atoms with E-state index < -0.39 is 5.60 Å². The van der Waals surface area contributed by atoms with Gasteiger partial charge in [-0.15, -0.1) is 0 Å². The Morgan fingerprint density at radius 3 is 1.88 bits per heavy atom. The highest BCUT2D eigenvalue weighted by atomic mass is 16.6. The highest BCUT2D eigenvalue weighted by Gasteiger charge is 2.53. The number of carbonyl (C=O) groups excluding carboxylic acids is 1. The quantitative estimate of drug-likeness (QED) is 0.543. The van der Waals surface area contributed by atoms with Crippen LogP contribution < -0.4 is 14.5 Å². The van der Waals surface area contributed by atoms with Crippen LogP contribution in [0.2, 0.25) is 0 Å². The summed E-state index contributed by atoms with van der Waals surface area (Å²) >= 11 is 0. The number of anilines is 2. The maximum Gasteiger partial charge on any atom is 0.340 e. The number of benzene rings is 3. The summed E-state index contributed by atoms with van der Waals surface area (Å²) in [5.41, 5.74) is 5.75. The Kier molecular flexibility index (Phi) is 3.56. The third-order valence-corrected chi connectivity index (χ3v) is 7.37. The molecule has 0 aromatic heterocycles. The minimum absolute atomic E-state index is 0.280. The van der Waals surface area contributed by atoms with Crippen LogP contribution in [0.4, 0.5) is 11.4 Å². The van der Waals surface area contributed by atoms with Crippen molar-refractivity contribution in [3.8, 4) is 11.5 Å². The molecule has 4 heterocycles. The molecule has 0 unspecified atom stereocenters. The molecule has 7 rings (SSSR count). The molecule has 0 N–H and O–H groups in total. The molecule has 2 fully saturated rings. The Bertz CT molecular complexity index is 1230. The fraction of sp³-hybridized carbons (Fsp3) is 0.296. The molecule has 1 spiro atoms. The molecule has 32 heavy (non-hydrogen) atoms. The molecule has 3 aromatic rings. The Morgan fingerprint density at radius 2 is 1.34 bits per heavy atom. The van der Waals surface area contributed by atoms with Gasteiger partial charge in [-0.3, -0.25) is 0 Å². The summed E-state index contributed by atoms with van der Waals surface area (Å²) in [6, 6.07) is 18.6. The van der Waals surface area contributed by atoms with Crippen LogP contribution in [0, 0.1) is 6.92 Å². The van der Waals surface area contributed by atoms with E-state index in [-0.39, 0.29) is 5.97 Å². The first-order valence-corrected chi connectivity index (χ1v) is 11.4. The van der Waals surface area contributed by atoms with Gasteiger partial charge in [0.2, 0.25) is 0 Å². The van der Waals surface area contributed by atoms with Gasteiger partial charge in [0.05, 0.1) is 5.56 Å². The average Bonchev–Trinajstić information content (AvgIpc) is 2.98. The first-order valence-electron chi connectivity index (χ1n) is 11.4. The van der Waals surface area contributed by atoms with Crippen molar-refractivity contribution in [1.29, 1.82) is 0 Å². The standard InChI is InChI=1S/C27H24N2O3/c1-17-4-7-20-23(14-17)27(32-26(20)30)21-8-5-18(28-10-2-11-28)15-24(21)31-25-16-19(6-9-22(25)27)29-12-3-13-29/h4-9,14-16H,2-3,10-13H2,1H3. The number of carbonyl (C=O) groups is 1. The maximum absolute atomic E-state index is 13.1. The maximum atomic E-state index is 13.1. The van der Waals surface area contributed by atoms with Crippen molar-refractivity contribution in [3.63, 3.8) is 0 Å².